The highest BCUT2D eigenvalue weighted by atomic mass is 35.5. The number of halogens is 6. The van der Waals surface area contributed by atoms with Crippen molar-refractivity contribution < 1.29 is 36.3 Å². The normalized spacial score (nSPS) is 19.0. The third-order valence-electron chi connectivity index (χ3n) is 8.96. The molecule has 2 aliphatic rings. The third kappa shape index (κ3) is 7.65. The molecular weight excluding hydrogens is 729 g/mol. The van der Waals surface area contributed by atoms with E-state index in [1.54, 1.807) is 31.3 Å². The number of nitrogens with one attached hydrogen (secondary N) is 3. The molecule has 20 heteroatoms. The number of guanidine groups is 1. The van der Waals surface area contributed by atoms with Crippen LogP contribution in [0, 0.1) is 16.7 Å². The van der Waals surface area contributed by atoms with Gasteiger partial charge in [-0.25, -0.2) is 27.9 Å². The number of carbonyl (C=O) groups excluding carboxylic acids is 2. The van der Waals surface area contributed by atoms with Gasteiger partial charge in [-0.1, -0.05) is 62.7 Å². The fourth-order valence-corrected chi connectivity index (χ4v) is 6.73. The van der Waals surface area contributed by atoms with E-state index in [9.17, 15) is 31.5 Å². The molecule has 1 aliphatic carbocycles. The zero-order chi connectivity index (χ0) is 38.5. The summed E-state index contributed by atoms with van der Waals surface area (Å²) in [5.41, 5.74) is -0.880. The Bertz CT molecular complexity index is 2010. The van der Waals surface area contributed by atoms with Crippen LogP contribution < -0.4 is 10.6 Å². The molecule has 1 unspecified atom stereocenters. The summed E-state index contributed by atoms with van der Waals surface area (Å²) in [7, 11) is 1.67. The molecule has 1 aliphatic heterocycles. The maximum atomic E-state index is 14.9. The Morgan fingerprint density at radius 2 is 1.85 bits per heavy atom. The molecule has 1 saturated carbocycles. The molecule has 2 amide bonds. The molecule has 6 rings (SSSR count). The molecule has 0 spiro atoms. The number of carbonyl (C=O) groups is 2. The highest BCUT2D eigenvalue weighted by molar-refractivity contribution is 6.32. The number of alkyl halides is 5. The number of tetrazole rings is 1. The highest BCUT2D eigenvalue weighted by Gasteiger charge is 2.55. The number of aromatic nitrogens is 7. The number of hydrogen-bond acceptors (Lipinski definition) is 9. The van der Waals surface area contributed by atoms with E-state index in [2.05, 4.69) is 30.9 Å². The maximum absolute atomic E-state index is 14.9. The predicted molar refractivity (Wildman–Crippen MR) is 179 cm³/mol. The Balaban J connectivity index is 1.40. The van der Waals surface area contributed by atoms with Crippen LogP contribution in [0.2, 0.25) is 5.02 Å². The van der Waals surface area contributed by atoms with Gasteiger partial charge in [-0.3, -0.25) is 15.1 Å². The second-order valence-corrected chi connectivity index (χ2v) is 14.6. The fraction of sp³-hybridized carbons (Fsp3) is 0.455. The first kappa shape index (κ1) is 37.6. The Morgan fingerprint density at radius 1 is 1.15 bits per heavy atom. The maximum Gasteiger partial charge on any atom is 0.409 e. The van der Waals surface area contributed by atoms with Gasteiger partial charge < -0.3 is 15.4 Å². The van der Waals surface area contributed by atoms with Crippen LogP contribution in [0.25, 0.3) is 17.1 Å². The summed E-state index contributed by atoms with van der Waals surface area (Å²) in [6.07, 6.45) is -7.54. The fourth-order valence-electron chi connectivity index (χ4n) is 6.53. The van der Waals surface area contributed by atoms with Crippen molar-refractivity contribution in [3.05, 3.63) is 70.8 Å². The van der Waals surface area contributed by atoms with Gasteiger partial charge in [0.05, 0.1) is 16.8 Å². The van der Waals surface area contributed by atoms with Crippen molar-refractivity contribution in [3.8, 4) is 17.1 Å². The standard InChI is InChI=1S/C33H35ClF5N11O3/c1-31(2,3)15-32(20-10-7-18(8-11-20)26-45-46-47-48(26)4)28(51)49(29(40)44-32)23(14-53-30(52)43-24(17-5-6-17)33(37,38)39)19-9-12-21(34)22(13-19)50-27(25(35)36)41-16-42-50/h7-13,16-17,23-25H,5-6,14-15H2,1-4H3,(H2,40,44)(H,43,52)/t23-,24?,32-/m1/s1. The number of rotatable bonds is 11. The van der Waals surface area contributed by atoms with E-state index >= 15 is 0 Å². The van der Waals surface area contributed by atoms with Gasteiger partial charge in [0.15, 0.2) is 17.6 Å². The summed E-state index contributed by atoms with van der Waals surface area (Å²) in [5, 5.41) is 29.4. The molecule has 4 aromatic rings. The molecular formula is C33H35ClF5N11O3. The van der Waals surface area contributed by atoms with Gasteiger partial charge in [-0.05, 0) is 64.3 Å². The topological polar surface area (TPSA) is 169 Å². The summed E-state index contributed by atoms with van der Waals surface area (Å²) in [6.45, 7) is 4.98. The second-order valence-electron chi connectivity index (χ2n) is 14.2. The van der Waals surface area contributed by atoms with Crippen LogP contribution in [-0.4, -0.2) is 76.7 Å². The Kier molecular flexibility index (Phi) is 9.91. The van der Waals surface area contributed by atoms with Gasteiger partial charge >= 0.3 is 12.3 Å². The van der Waals surface area contributed by atoms with Crippen LogP contribution in [-0.2, 0) is 22.1 Å². The van der Waals surface area contributed by atoms with Crippen molar-refractivity contribution in [2.45, 2.75) is 70.3 Å². The van der Waals surface area contributed by atoms with E-state index in [-0.39, 0.29) is 35.5 Å². The first-order chi connectivity index (χ1) is 24.9. The van der Waals surface area contributed by atoms with Crippen LogP contribution in [0.4, 0.5) is 26.7 Å². The summed E-state index contributed by atoms with van der Waals surface area (Å²) < 4.78 is 76.6. The van der Waals surface area contributed by atoms with Gasteiger partial charge in [0.2, 0.25) is 0 Å². The summed E-state index contributed by atoms with van der Waals surface area (Å²) in [6, 6.07) is 7.41. The Hall–Kier alpha value is -5.20. The van der Waals surface area contributed by atoms with E-state index in [1.165, 1.54) is 22.9 Å². The number of ether oxygens (including phenoxy) is 1. The van der Waals surface area contributed by atoms with Gasteiger partial charge in [0.1, 0.15) is 24.5 Å². The van der Waals surface area contributed by atoms with Crippen LogP contribution in [0.5, 0.6) is 0 Å². The molecule has 2 fully saturated rings. The molecule has 3 heterocycles. The zero-order valence-corrected chi connectivity index (χ0v) is 29.6. The van der Waals surface area contributed by atoms with Gasteiger partial charge in [-0.2, -0.15) is 18.3 Å². The number of benzene rings is 2. The lowest BCUT2D eigenvalue weighted by molar-refractivity contribution is -0.159. The van der Waals surface area contributed by atoms with Crippen molar-refractivity contribution >= 4 is 29.6 Å². The average Bonchev–Trinajstić information content (AvgIpc) is 3.51. The Morgan fingerprint density at radius 3 is 2.43 bits per heavy atom. The predicted octanol–water partition coefficient (Wildman–Crippen LogP) is 5.86. The monoisotopic (exact) mass is 763 g/mol. The molecule has 0 bridgehead atoms. The zero-order valence-electron chi connectivity index (χ0n) is 28.8. The van der Waals surface area contributed by atoms with E-state index in [0.29, 0.717) is 17.0 Å². The minimum Gasteiger partial charge on any atom is -0.447 e. The van der Waals surface area contributed by atoms with Crippen molar-refractivity contribution in [3.63, 3.8) is 0 Å². The lowest BCUT2D eigenvalue weighted by Crippen LogP contribution is -2.48. The minimum atomic E-state index is -4.73. The van der Waals surface area contributed by atoms with Crippen LogP contribution in [0.3, 0.4) is 0 Å². The summed E-state index contributed by atoms with van der Waals surface area (Å²) in [5.74, 6) is -2.11. The van der Waals surface area contributed by atoms with E-state index < -0.39 is 71.9 Å². The first-order valence-corrected chi connectivity index (χ1v) is 16.8. The van der Waals surface area contributed by atoms with E-state index in [0.717, 1.165) is 15.9 Å². The number of hydrogen-bond donors (Lipinski definition) is 3. The highest BCUT2D eigenvalue weighted by Crippen LogP contribution is 2.43. The third-order valence-corrected chi connectivity index (χ3v) is 9.28. The smallest absolute Gasteiger partial charge is 0.409 e. The Labute approximate surface area is 304 Å². The first-order valence-electron chi connectivity index (χ1n) is 16.4. The van der Waals surface area contributed by atoms with Crippen LogP contribution in [0.15, 0.2) is 48.8 Å². The largest absolute Gasteiger partial charge is 0.447 e. The number of amides is 2. The van der Waals surface area contributed by atoms with Gasteiger partial charge in [0.25, 0.3) is 12.3 Å². The molecule has 1 saturated heterocycles. The molecule has 14 nitrogen and oxygen atoms in total. The second kappa shape index (κ2) is 14.0. The van der Waals surface area contributed by atoms with Crippen LogP contribution >= 0.6 is 11.6 Å². The van der Waals surface area contributed by atoms with Crippen molar-refractivity contribution in [1.29, 1.82) is 5.41 Å². The molecule has 3 N–H and O–H groups in total. The number of alkyl carbamates (subject to hydrolysis) is 1. The van der Waals surface area contributed by atoms with Gasteiger partial charge in [-0.15, -0.1) is 5.10 Å². The quantitative estimate of drug-likeness (QED) is 0.159. The summed E-state index contributed by atoms with van der Waals surface area (Å²) in [4.78, 5) is 32.5. The SMILES string of the molecule is Cn1nnnc1-c1ccc([C@@]2(CC(C)(C)C)NC(=N)N([C@H](COC(=O)NC(C3CC3)C(F)(F)F)c3ccc(Cl)c(-n4ncnc4C(F)F)c3)C2=O)cc1. The average molecular weight is 764 g/mol. The van der Waals surface area contributed by atoms with Crippen molar-refractivity contribution in [2.24, 2.45) is 18.4 Å². The van der Waals surface area contributed by atoms with Crippen LogP contribution in [0.1, 0.15) is 69.5 Å². The van der Waals surface area contributed by atoms with E-state index in [4.69, 9.17) is 21.7 Å². The minimum absolute atomic E-state index is 0.0303. The van der Waals surface area contributed by atoms with Gasteiger partial charge in [0, 0.05) is 12.6 Å². The summed E-state index contributed by atoms with van der Waals surface area (Å²) >= 11 is 6.42. The molecule has 2 aromatic heterocycles. The molecule has 0 radical (unpaired) electrons. The molecule has 53 heavy (non-hydrogen) atoms. The number of aryl methyl sites for hydroxylation is 1. The molecule has 2 aromatic carbocycles. The van der Waals surface area contributed by atoms with Crippen molar-refractivity contribution in [2.75, 3.05) is 6.61 Å². The molecule has 282 valence electrons. The van der Waals surface area contributed by atoms with E-state index in [1.807, 2.05) is 26.1 Å². The lowest BCUT2D eigenvalue weighted by atomic mass is 9.75. The molecule has 3 atom stereocenters. The lowest BCUT2D eigenvalue weighted by Gasteiger charge is -2.35. The van der Waals surface area contributed by atoms with Crippen molar-refractivity contribution in [1.82, 2.24) is 50.5 Å². The number of nitrogens with zero attached hydrogens (tertiary/aromatic N) is 8.